The van der Waals surface area contributed by atoms with Crippen molar-refractivity contribution in [2.75, 3.05) is 25.5 Å². The number of furan rings is 1. The third-order valence-corrected chi connectivity index (χ3v) is 5.70. The van der Waals surface area contributed by atoms with Crippen molar-refractivity contribution in [2.24, 2.45) is 5.92 Å². The van der Waals surface area contributed by atoms with E-state index < -0.39 is 0 Å². The number of nitrogens with one attached hydrogen (secondary N) is 1. The van der Waals surface area contributed by atoms with Crippen molar-refractivity contribution in [3.8, 4) is 5.75 Å². The second-order valence-electron chi connectivity index (χ2n) is 7.53. The molecule has 1 fully saturated rings. The number of hydrogen-bond donors (Lipinski definition) is 1. The molecule has 0 saturated carbocycles. The van der Waals surface area contributed by atoms with Crippen LogP contribution in [0.1, 0.15) is 26.7 Å². The zero-order valence-electron chi connectivity index (χ0n) is 16.1. The van der Waals surface area contributed by atoms with E-state index in [0.29, 0.717) is 11.4 Å². The molecule has 5 nitrogen and oxygen atoms in total. The van der Waals surface area contributed by atoms with Crippen molar-refractivity contribution in [1.29, 1.82) is 0 Å². The fourth-order valence-corrected chi connectivity index (χ4v) is 3.84. The number of amides is 1. The van der Waals surface area contributed by atoms with Crippen molar-refractivity contribution < 1.29 is 13.9 Å². The summed E-state index contributed by atoms with van der Waals surface area (Å²) >= 11 is 0. The molecular weight excluding hydrogens is 340 g/mol. The van der Waals surface area contributed by atoms with Crippen LogP contribution in [0.2, 0.25) is 0 Å². The molecule has 0 spiro atoms. The van der Waals surface area contributed by atoms with Crippen LogP contribution < -0.4 is 10.1 Å². The molecule has 0 aliphatic carbocycles. The maximum Gasteiger partial charge on any atom is 0.241 e. The average Bonchev–Trinajstić information content (AvgIpc) is 3.04. The van der Waals surface area contributed by atoms with Gasteiger partial charge in [0.1, 0.15) is 16.9 Å². The number of hydrogen-bond acceptors (Lipinski definition) is 4. The summed E-state index contributed by atoms with van der Waals surface area (Å²) in [6, 6.07) is 11.5. The Morgan fingerprint density at radius 2 is 1.93 bits per heavy atom. The summed E-state index contributed by atoms with van der Waals surface area (Å²) in [5.41, 5.74) is 2.21. The van der Waals surface area contributed by atoms with Gasteiger partial charge in [0.05, 0.1) is 18.8 Å². The molecule has 1 saturated heterocycles. The number of nitrogens with zero attached hydrogens (tertiary/aromatic N) is 1. The Hall–Kier alpha value is -2.53. The van der Waals surface area contributed by atoms with E-state index in [4.69, 9.17) is 9.15 Å². The van der Waals surface area contributed by atoms with Gasteiger partial charge in [-0.25, -0.2) is 0 Å². The molecule has 1 amide bonds. The Balaban J connectivity index is 1.60. The SMILES string of the molecule is COc1cc2c(cc1NC(=O)[C@H](C)N1CCC(C)CC1)oc1ccccc12. The average molecular weight is 366 g/mol. The van der Waals surface area contributed by atoms with Crippen molar-refractivity contribution >= 4 is 33.5 Å². The maximum atomic E-state index is 12.8. The molecule has 4 rings (SSSR count). The molecule has 0 unspecified atom stereocenters. The first kappa shape index (κ1) is 17.9. The van der Waals surface area contributed by atoms with Crippen LogP contribution >= 0.6 is 0 Å². The van der Waals surface area contributed by atoms with E-state index in [1.54, 1.807) is 7.11 Å². The first-order chi connectivity index (χ1) is 13.1. The standard InChI is InChI=1S/C22H26N2O3/c1-14-8-10-24(11-9-14)15(2)22(25)23-18-13-20-17(12-21(18)26-3)16-6-4-5-7-19(16)27-20/h4-7,12-15H,8-11H2,1-3H3,(H,23,25)/t15-/m0/s1. The zero-order chi connectivity index (χ0) is 19.0. The van der Waals surface area contributed by atoms with E-state index in [1.807, 2.05) is 43.3 Å². The van der Waals surface area contributed by atoms with Gasteiger partial charge in [-0.3, -0.25) is 9.69 Å². The van der Waals surface area contributed by atoms with Crippen molar-refractivity contribution in [3.63, 3.8) is 0 Å². The van der Waals surface area contributed by atoms with Gasteiger partial charge >= 0.3 is 0 Å². The number of carbonyl (C=O) groups excluding carboxylic acids is 1. The number of piperidine rings is 1. The lowest BCUT2D eigenvalue weighted by atomic mass is 9.98. The van der Waals surface area contributed by atoms with E-state index in [2.05, 4.69) is 17.1 Å². The van der Waals surface area contributed by atoms with Crippen LogP contribution in [0.25, 0.3) is 21.9 Å². The van der Waals surface area contributed by atoms with Crippen LogP contribution in [0.15, 0.2) is 40.8 Å². The molecule has 0 bridgehead atoms. The van der Waals surface area contributed by atoms with Crippen molar-refractivity contribution in [3.05, 3.63) is 36.4 Å². The van der Waals surface area contributed by atoms with Crippen molar-refractivity contribution in [2.45, 2.75) is 32.7 Å². The topological polar surface area (TPSA) is 54.7 Å². The highest BCUT2D eigenvalue weighted by molar-refractivity contribution is 6.08. The van der Waals surface area contributed by atoms with E-state index in [0.717, 1.165) is 53.8 Å². The van der Waals surface area contributed by atoms with Gasteiger partial charge in [0, 0.05) is 16.8 Å². The maximum absolute atomic E-state index is 12.8. The molecular formula is C22H26N2O3. The van der Waals surface area contributed by atoms with Crippen molar-refractivity contribution in [1.82, 2.24) is 4.90 Å². The summed E-state index contributed by atoms with van der Waals surface area (Å²) in [6.45, 7) is 6.18. The lowest BCUT2D eigenvalue weighted by molar-refractivity contribution is -0.121. The van der Waals surface area contributed by atoms with Gasteiger partial charge in [-0.15, -0.1) is 0 Å². The third kappa shape index (κ3) is 3.39. The number of anilines is 1. The number of benzene rings is 2. The molecule has 1 aliphatic heterocycles. The van der Waals surface area contributed by atoms with Gasteiger partial charge in [0.25, 0.3) is 0 Å². The monoisotopic (exact) mass is 366 g/mol. The van der Waals surface area contributed by atoms with Crippen LogP contribution in [-0.4, -0.2) is 37.0 Å². The van der Waals surface area contributed by atoms with Gasteiger partial charge < -0.3 is 14.5 Å². The summed E-state index contributed by atoms with van der Waals surface area (Å²) in [6.07, 6.45) is 2.29. The Kier molecular flexibility index (Phi) is 4.79. The van der Waals surface area contributed by atoms with Crippen LogP contribution in [0.3, 0.4) is 0 Å². The third-order valence-electron chi connectivity index (χ3n) is 5.70. The van der Waals surface area contributed by atoms with Crippen LogP contribution in [0.5, 0.6) is 5.75 Å². The quantitative estimate of drug-likeness (QED) is 0.730. The predicted octanol–water partition coefficient (Wildman–Crippen LogP) is 4.65. The molecule has 1 aromatic heterocycles. The Morgan fingerprint density at radius 1 is 1.19 bits per heavy atom. The van der Waals surface area contributed by atoms with Gasteiger partial charge in [-0.1, -0.05) is 25.1 Å². The number of fused-ring (bicyclic) bond motifs is 3. The summed E-state index contributed by atoms with van der Waals surface area (Å²) in [5.74, 6) is 1.37. The number of carbonyl (C=O) groups is 1. The largest absolute Gasteiger partial charge is 0.495 e. The highest BCUT2D eigenvalue weighted by atomic mass is 16.5. The summed E-state index contributed by atoms with van der Waals surface area (Å²) < 4.78 is 11.5. The molecule has 1 atom stereocenters. The van der Waals surface area contributed by atoms with E-state index in [-0.39, 0.29) is 11.9 Å². The first-order valence-electron chi connectivity index (χ1n) is 9.61. The molecule has 2 heterocycles. The van der Waals surface area contributed by atoms with Gasteiger partial charge in [0.15, 0.2) is 0 Å². The number of para-hydroxylation sites is 1. The van der Waals surface area contributed by atoms with Crippen LogP contribution in [0.4, 0.5) is 5.69 Å². The highest BCUT2D eigenvalue weighted by Crippen LogP contribution is 2.36. The van der Waals surface area contributed by atoms with Gasteiger partial charge in [-0.05, 0) is 50.9 Å². The first-order valence-corrected chi connectivity index (χ1v) is 9.61. The normalized spacial score (nSPS) is 17.3. The molecule has 2 aromatic carbocycles. The molecule has 3 aromatic rings. The zero-order valence-corrected chi connectivity index (χ0v) is 16.1. The second kappa shape index (κ2) is 7.24. The minimum atomic E-state index is -0.173. The van der Waals surface area contributed by atoms with Gasteiger partial charge in [-0.2, -0.15) is 0 Å². The fourth-order valence-electron chi connectivity index (χ4n) is 3.84. The van der Waals surface area contributed by atoms with E-state index >= 15 is 0 Å². The molecule has 142 valence electrons. The van der Waals surface area contributed by atoms with E-state index in [9.17, 15) is 4.79 Å². The highest BCUT2D eigenvalue weighted by Gasteiger charge is 2.26. The van der Waals surface area contributed by atoms with Crippen LogP contribution in [-0.2, 0) is 4.79 Å². The second-order valence-corrected chi connectivity index (χ2v) is 7.53. The summed E-state index contributed by atoms with van der Waals surface area (Å²) in [4.78, 5) is 15.1. The van der Waals surface area contributed by atoms with Gasteiger partial charge in [0.2, 0.25) is 5.91 Å². The summed E-state index contributed by atoms with van der Waals surface area (Å²) in [5, 5.41) is 5.07. The van der Waals surface area contributed by atoms with E-state index in [1.165, 1.54) is 0 Å². The van der Waals surface area contributed by atoms with Crippen LogP contribution in [0, 0.1) is 5.92 Å². The number of ether oxygens (including phenoxy) is 1. The Labute approximate surface area is 159 Å². The molecule has 1 aliphatic rings. The molecule has 5 heteroatoms. The molecule has 27 heavy (non-hydrogen) atoms. The lowest BCUT2D eigenvalue weighted by Gasteiger charge is -2.34. The lowest BCUT2D eigenvalue weighted by Crippen LogP contribution is -2.45. The fraction of sp³-hybridized carbons (Fsp3) is 0.409. The number of rotatable bonds is 4. The minimum Gasteiger partial charge on any atom is -0.495 e. The molecule has 0 radical (unpaired) electrons. The Bertz CT molecular complexity index is 970. The smallest absolute Gasteiger partial charge is 0.241 e. The number of methoxy groups -OCH3 is 1. The predicted molar refractivity (Wildman–Crippen MR) is 108 cm³/mol. The molecule has 1 N–H and O–H groups in total. The minimum absolute atomic E-state index is 0.0154. The number of likely N-dealkylation sites (tertiary alicyclic amines) is 1. The Morgan fingerprint density at radius 3 is 2.67 bits per heavy atom. The summed E-state index contributed by atoms with van der Waals surface area (Å²) in [7, 11) is 1.62.